The van der Waals surface area contributed by atoms with E-state index in [-0.39, 0.29) is 5.91 Å². The molecule has 0 aliphatic carbocycles. The zero-order chi connectivity index (χ0) is 14.5. The number of aliphatic hydroxyl groups is 2. The van der Waals surface area contributed by atoms with Gasteiger partial charge < -0.3 is 20.8 Å². The second kappa shape index (κ2) is 6.83. The normalized spacial score (nSPS) is 17.1. The quantitative estimate of drug-likeness (QED) is 0.622. The van der Waals surface area contributed by atoms with Crippen LogP contribution in [0, 0.1) is 0 Å². The van der Waals surface area contributed by atoms with Crippen LogP contribution in [-0.2, 0) is 17.8 Å². The van der Waals surface area contributed by atoms with Gasteiger partial charge in [-0.2, -0.15) is 0 Å². The van der Waals surface area contributed by atoms with Crippen LogP contribution in [0.25, 0.3) is 0 Å². The van der Waals surface area contributed by atoms with Crippen LogP contribution in [0.15, 0.2) is 18.2 Å². The molecular formula is C15H22N2O3. The predicted molar refractivity (Wildman–Crippen MR) is 76.1 cm³/mol. The molecule has 110 valence electrons. The third kappa shape index (κ3) is 3.79. The molecule has 1 aromatic rings. The summed E-state index contributed by atoms with van der Waals surface area (Å²) >= 11 is 0. The highest BCUT2D eigenvalue weighted by atomic mass is 16.3. The molecule has 1 aromatic carbocycles. The third-order valence-electron chi connectivity index (χ3n) is 3.64. The maximum absolute atomic E-state index is 10.8. The number of hydrogen-bond donors (Lipinski definition) is 4. The minimum absolute atomic E-state index is 0.133. The third-order valence-corrected chi connectivity index (χ3v) is 3.64. The average molecular weight is 278 g/mol. The van der Waals surface area contributed by atoms with Gasteiger partial charge in [-0.15, -0.1) is 0 Å². The lowest BCUT2D eigenvalue weighted by atomic mass is 9.94. The number of fused-ring (bicyclic) bond motifs is 1. The molecule has 1 amide bonds. The molecule has 0 spiro atoms. The van der Waals surface area contributed by atoms with E-state index in [9.17, 15) is 15.0 Å². The van der Waals surface area contributed by atoms with E-state index in [1.54, 1.807) is 0 Å². The van der Waals surface area contributed by atoms with Crippen LogP contribution in [0.3, 0.4) is 0 Å². The minimum Gasteiger partial charge on any atom is -0.390 e. The van der Waals surface area contributed by atoms with Crippen molar-refractivity contribution in [2.45, 2.75) is 38.5 Å². The summed E-state index contributed by atoms with van der Waals surface area (Å²) in [5, 5.41) is 26.0. The molecule has 20 heavy (non-hydrogen) atoms. The van der Waals surface area contributed by atoms with E-state index < -0.39 is 12.2 Å². The molecular weight excluding hydrogens is 256 g/mol. The molecule has 5 nitrogen and oxygen atoms in total. The summed E-state index contributed by atoms with van der Waals surface area (Å²) in [4.78, 5) is 10.8. The molecule has 0 aromatic heterocycles. The summed E-state index contributed by atoms with van der Waals surface area (Å²) in [5.74, 6) is -0.133. The number of benzene rings is 1. The molecule has 0 fully saturated rings. The lowest BCUT2D eigenvalue weighted by Crippen LogP contribution is -2.28. The first-order valence-electron chi connectivity index (χ1n) is 7.01. The number of rotatable bonds is 5. The maximum Gasteiger partial charge on any atom is 0.216 e. The fourth-order valence-corrected chi connectivity index (χ4v) is 2.46. The SMILES string of the molecule is CC(=O)NCCC(O)C(O)c1ccc2c(c1)CNCC2. The van der Waals surface area contributed by atoms with Crippen LogP contribution in [0.4, 0.5) is 0 Å². The summed E-state index contributed by atoms with van der Waals surface area (Å²) < 4.78 is 0. The molecule has 4 N–H and O–H groups in total. The first-order valence-corrected chi connectivity index (χ1v) is 7.01. The van der Waals surface area contributed by atoms with E-state index in [0.717, 1.165) is 25.1 Å². The Hall–Kier alpha value is -1.43. The van der Waals surface area contributed by atoms with Crippen molar-refractivity contribution in [2.24, 2.45) is 0 Å². The van der Waals surface area contributed by atoms with E-state index in [2.05, 4.69) is 10.6 Å². The van der Waals surface area contributed by atoms with Crippen molar-refractivity contribution in [2.75, 3.05) is 13.1 Å². The molecule has 1 aliphatic rings. The Kier molecular flexibility index (Phi) is 5.11. The van der Waals surface area contributed by atoms with Crippen molar-refractivity contribution >= 4 is 5.91 Å². The zero-order valence-electron chi connectivity index (χ0n) is 11.7. The van der Waals surface area contributed by atoms with Gasteiger partial charge in [0, 0.05) is 20.0 Å². The van der Waals surface area contributed by atoms with E-state index >= 15 is 0 Å². The van der Waals surface area contributed by atoms with E-state index in [4.69, 9.17) is 0 Å². The van der Waals surface area contributed by atoms with Gasteiger partial charge in [0.1, 0.15) is 6.10 Å². The number of carbonyl (C=O) groups is 1. The maximum atomic E-state index is 10.8. The predicted octanol–water partition coefficient (Wildman–Crippen LogP) is 0.253. The molecule has 0 saturated carbocycles. The van der Waals surface area contributed by atoms with E-state index in [0.29, 0.717) is 13.0 Å². The van der Waals surface area contributed by atoms with E-state index in [1.165, 1.54) is 18.1 Å². The monoisotopic (exact) mass is 278 g/mol. The Bertz CT molecular complexity index is 476. The fraction of sp³-hybridized carbons (Fsp3) is 0.533. The molecule has 1 aliphatic heterocycles. The van der Waals surface area contributed by atoms with E-state index in [1.807, 2.05) is 18.2 Å². The van der Waals surface area contributed by atoms with Gasteiger partial charge in [0.05, 0.1) is 6.10 Å². The Labute approximate surface area is 119 Å². The highest BCUT2D eigenvalue weighted by molar-refractivity contribution is 5.72. The summed E-state index contributed by atoms with van der Waals surface area (Å²) in [7, 11) is 0. The van der Waals surface area contributed by atoms with Crippen LogP contribution >= 0.6 is 0 Å². The largest absolute Gasteiger partial charge is 0.390 e. The summed E-state index contributed by atoms with van der Waals surface area (Å²) in [6.45, 7) is 3.57. The van der Waals surface area contributed by atoms with Crippen molar-refractivity contribution in [1.29, 1.82) is 0 Å². The van der Waals surface area contributed by atoms with Gasteiger partial charge in [0.25, 0.3) is 0 Å². The summed E-state index contributed by atoms with van der Waals surface area (Å²) in [6, 6.07) is 5.85. The second-order valence-corrected chi connectivity index (χ2v) is 5.24. The Morgan fingerprint density at radius 3 is 2.95 bits per heavy atom. The molecule has 2 atom stereocenters. The van der Waals surface area contributed by atoms with Crippen LogP contribution < -0.4 is 10.6 Å². The molecule has 2 unspecified atom stereocenters. The first-order chi connectivity index (χ1) is 9.58. The van der Waals surface area contributed by atoms with Gasteiger partial charge in [0.2, 0.25) is 5.91 Å². The topological polar surface area (TPSA) is 81.6 Å². The van der Waals surface area contributed by atoms with Crippen LogP contribution in [0.2, 0.25) is 0 Å². The standard InChI is InChI=1S/C15H22N2O3/c1-10(18)17-7-5-14(19)15(20)12-3-2-11-4-6-16-9-13(11)8-12/h2-3,8,14-16,19-20H,4-7,9H2,1H3,(H,17,18). The smallest absolute Gasteiger partial charge is 0.216 e. The van der Waals surface area contributed by atoms with Gasteiger partial charge in [0.15, 0.2) is 0 Å². The lowest BCUT2D eigenvalue weighted by molar-refractivity contribution is -0.119. The molecule has 0 radical (unpaired) electrons. The number of carbonyl (C=O) groups excluding carboxylic acids is 1. The molecule has 0 saturated heterocycles. The van der Waals surface area contributed by atoms with Crippen molar-refractivity contribution in [3.8, 4) is 0 Å². The first kappa shape index (κ1) is 15.0. The molecule has 5 heteroatoms. The summed E-state index contributed by atoms with van der Waals surface area (Å²) in [5.41, 5.74) is 3.21. The van der Waals surface area contributed by atoms with Crippen molar-refractivity contribution in [3.05, 3.63) is 34.9 Å². The minimum atomic E-state index is -0.920. The fourth-order valence-electron chi connectivity index (χ4n) is 2.46. The van der Waals surface area contributed by atoms with Crippen LogP contribution in [0.1, 0.15) is 36.1 Å². The lowest BCUT2D eigenvalue weighted by Gasteiger charge is -2.22. The second-order valence-electron chi connectivity index (χ2n) is 5.24. The zero-order valence-corrected chi connectivity index (χ0v) is 11.7. The van der Waals surface area contributed by atoms with Gasteiger partial charge in [-0.05, 0) is 36.1 Å². The van der Waals surface area contributed by atoms with Gasteiger partial charge in [-0.3, -0.25) is 4.79 Å². The average Bonchev–Trinajstić information content (AvgIpc) is 2.45. The van der Waals surface area contributed by atoms with Gasteiger partial charge >= 0.3 is 0 Å². The Morgan fingerprint density at radius 1 is 1.40 bits per heavy atom. The van der Waals surface area contributed by atoms with Crippen molar-refractivity contribution < 1.29 is 15.0 Å². The molecule has 1 heterocycles. The Morgan fingerprint density at radius 2 is 2.20 bits per heavy atom. The summed E-state index contributed by atoms with van der Waals surface area (Å²) in [6.07, 6.45) is -0.472. The number of nitrogens with one attached hydrogen (secondary N) is 2. The van der Waals surface area contributed by atoms with Crippen LogP contribution in [0.5, 0.6) is 0 Å². The van der Waals surface area contributed by atoms with Gasteiger partial charge in [-0.25, -0.2) is 0 Å². The highest BCUT2D eigenvalue weighted by Crippen LogP contribution is 2.23. The van der Waals surface area contributed by atoms with Crippen molar-refractivity contribution in [3.63, 3.8) is 0 Å². The number of amides is 1. The molecule has 0 bridgehead atoms. The molecule has 2 rings (SSSR count). The number of aliphatic hydroxyl groups excluding tert-OH is 2. The van der Waals surface area contributed by atoms with Gasteiger partial charge in [-0.1, -0.05) is 18.2 Å². The highest BCUT2D eigenvalue weighted by Gasteiger charge is 2.20. The Balaban J connectivity index is 1.97. The number of hydrogen-bond acceptors (Lipinski definition) is 4. The van der Waals surface area contributed by atoms with Crippen molar-refractivity contribution in [1.82, 2.24) is 10.6 Å². The van der Waals surface area contributed by atoms with Crippen LogP contribution in [-0.4, -0.2) is 35.3 Å².